The predicted octanol–water partition coefficient (Wildman–Crippen LogP) is 5.81. The summed E-state index contributed by atoms with van der Waals surface area (Å²) >= 11 is 0. The van der Waals surface area contributed by atoms with Gasteiger partial charge in [0, 0.05) is 83.2 Å². The van der Waals surface area contributed by atoms with Crippen molar-refractivity contribution >= 4 is 40.7 Å². The van der Waals surface area contributed by atoms with Crippen molar-refractivity contribution < 1.29 is 56.8 Å². The van der Waals surface area contributed by atoms with Crippen molar-refractivity contribution in [2.45, 2.75) is 108 Å². The predicted molar refractivity (Wildman–Crippen MR) is 267 cm³/mol. The lowest BCUT2D eigenvalue weighted by molar-refractivity contribution is -0.192. The van der Waals surface area contributed by atoms with E-state index in [1.807, 2.05) is 24.0 Å². The fraction of sp³-hybridized carbons (Fsp3) is 0.604. The molecule has 0 amide bonds. The summed E-state index contributed by atoms with van der Waals surface area (Å²) in [6.07, 6.45) is 7.59. The number of ether oxygens (including phenoxy) is 2. The van der Waals surface area contributed by atoms with Gasteiger partial charge in [0.1, 0.15) is 34.7 Å². The first-order chi connectivity index (χ1) is 35.0. The molecular formula is C53H70F3N9O9. The highest BCUT2D eigenvalue weighted by Gasteiger charge is 2.39. The molecule has 8 rings (SSSR count). The summed E-state index contributed by atoms with van der Waals surface area (Å²) in [5.74, 6) is -2.89. The van der Waals surface area contributed by atoms with E-state index >= 15 is 0 Å². The van der Waals surface area contributed by atoms with E-state index in [1.54, 1.807) is 20.4 Å². The molecule has 0 radical (unpaired) electrons. The van der Waals surface area contributed by atoms with Crippen LogP contribution in [-0.4, -0.2) is 174 Å². The van der Waals surface area contributed by atoms with E-state index in [-0.39, 0.29) is 58.2 Å². The summed E-state index contributed by atoms with van der Waals surface area (Å²) in [6, 6.07) is 7.43. The van der Waals surface area contributed by atoms with E-state index in [9.17, 15) is 48.0 Å². The lowest BCUT2D eigenvalue weighted by Crippen LogP contribution is -2.43. The second-order valence-electron chi connectivity index (χ2n) is 20.4. The van der Waals surface area contributed by atoms with Crippen LogP contribution in [-0.2, 0) is 36.7 Å². The molecule has 6 aliphatic rings. The van der Waals surface area contributed by atoms with Gasteiger partial charge in [-0.05, 0) is 154 Å². The Balaban J connectivity index is 0.000000215. The molecule has 74 heavy (non-hydrogen) atoms. The van der Waals surface area contributed by atoms with Crippen LogP contribution in [0.2, 0.25) is 0 Å². The van der Waals surface area contributed by atoms with Gasteiger partial charge in [-0.2, -0.15) is 23.7 Å². The number of alkyl halides is 3. The highest BCUT2D eigenvalue weighted by molar-refractivity contribution is 6.11. The number of allylic oxidation sites excluding steroid dienone is 2. The van der Waals surface area contributed by atoms with Gasteiger partial charge in [-0.25, -0.2) is 14.6 Å². The second-order valence-corrected chi connectivity index (χ2v) is 20.4. The summed E-state index contributed by atoms with van der Waals surface area (Å²) in [5.41, 5.74) is 9.79. The van der Waals surface area contributed by atoms with E-state index in [4.69, 9.17) is 25.1 Å². The Morgan fingerprint density at radius 3 is 1.45 bits per heavy atom. The zero-order valence-electron chi connectivity index (χ0n) is 43.4. The van der Waals surface area contributed by atoms with Crippen molar-refractivity contribution in [3.63, 3.8) is 0 Å². The highest BCUT2D eigenvalue weighted by Crippen LogP contribution is 2.38. The molecule has 0 unspecified atom stereocenters. The van der Waals surface area contributed by atoms with Gasteiger partial charge in [0.05, 0.1) is 22.6 Å². The Morgan fingerprint density at radius 1 is 0.716 bits per heavy atom. The molecule has 21 heteroatoms. The number of carboxylic acids is 2. The first-order valence-electron chi connectivity index (χ1n) is 25.1. The van der Waals surface area contributed by atoms with Gasteiger partial charge >= 0.3 is 18.1 Å². The number of pyridine rings is 2. The van der Waals surface area contributed by atoms with E-state index in [2.05, 4.69) is 51.8 Å². The molecule has 4 N–H and O–H groups in total. The van der Waals surface area contributed by atoms with Gasteiger partial charge in [0.15, 0.2) is 17.3 Å². The molecule has 0 bridgehead atoms. The van der Waals surface area contributed by atoms with E-state index in [0.717, 1.165) is 81.6 Å². The summed E-state index contributed by atoms with van der Waals surface area (Å²) in [5, 5.41) is 35.6. The van der Waals surface area contributed by atoms with Crippen LogP contribution < -0.4 is 5.73 Å². The molecule has 4 fully saturated rings. The van der Waals surface area contributed by atoms with Crippen LogP contribution in [0, 0.1) is 34.5 Å². The number of carbonyl (C=O) groups excluding carboxylic acids is 3. The van der Waals surface area contributed by atoms with Crippen molar-refractivity contribution in [3.8, 4) is 12.1 Å². The fourth-order valence-corrected chi connectivity index (χ4v) is 9.83. The first-order valence-corrected chi connectivity index (χ1v) is 25.1. The van der Waals surface area contributed by atoms with Crippen LogP contribution in [0.15, 0.2) is 35.7 Å². The number of carboxylic acid groups (broad SMARTS) is 2. The average Bonchev–Trinajstić information content (AvgIpc) is 3.38. The van der Waals surface area contributed by atoms with Gasteiger partial charge in [0.2, 0.25) is 0 Å². The maximum absolute atomic E-state index is 13.0. The Kier molecular flexibility index (Phi) is 20.6. The normalized spacial score (nSPS) is 20.3. The third-order valence-electron chi connectivity index (χ3n) is 15.2. The van der Waals surface area contributed by atoms with Crippen LogP contribution >= 0.6 is 0 Å². The lowest BCUT2D eigenvalue weighted by Gasteiger charge is -2.41. The number of aliphatic carboxylic acids is 1. The number of nitriles is 2. The number of fused-ring (bicyclic) bond motifs is 2. The zero-order valence-corrected chi connectivity index (χ0v) is 43.4. The van der Waals surface area contributed by atoms with Crippen LogP contribution in [0.4, 0.5) is 13.2 Å². The molecule has 6 heterocycles. The van der Waals surface area contributed by atoms with Crippen molar-refractivity contribution in [1.29, 1.82) is 10.5 Å². The molecule has 4 saturated heterocycles. The lowest BCUT2D eigenvalue weighted by atomic mass is 9.86. The minimum absolute atomic E-state index is 0.0390. The average molecular weight is 1030 g/mol. The molecule has 0 saturated carbocycles. The fourth-order valence-electron chi connectivity index (χ4n) is 9.83. The number of likely N-dealkylation sites (tertiary alicyclic amines) is 4. The van der Waals surface area contributed by atoms with Crippen LogP contribution in [0.3, 0.4) is 0 Å². The number of halogens is 3. The number of aromatic carboxylic acids is 1. The molecule has 0 spiro atoms. The topological polar surface area (TPSA) is 257 Å². The number of Topliss-reactive ketones (excluding diaryl/α,β-unsaturated/α-hetero) is 3. The molecule has 0 aromatic carbocycles. The van der Waals surface area contributed by atoms with Crippen LogP contribution in [0.25, 0.3) is 11.4 Å². The molecular weight excluding hydrogens is 964 g/mol. The van der Waals surface area contributed by atoms with Crippen molar-refractivity contribution in [2.24, 2.45) is 17.6 Å². The second kappa shape index (κ2) is 25.9. The Bertz CT molecular complexity index is 2520. The van der Waals surface area contributed by atoms with Gasteiger partial charge in [-0.1, -0.05) is 0 Å². The Morgan fingerprint density at radius 2 is 1.09 bits per heavy atom. The van der Waals surface area contributed by atoms with Gasteiger partial charge in [-0.15, -0.1) is 0 Å². The minimum atomic E-state index is -5.08. The summed E-state index contributed by atoms with van der Waals surface area (Å²) in [4.78, 5) is 75.4. The number of rotatable bonds is 10. The Hall–Kier alpha value is -6.10. The maximum Gasteiger partial charge on any atom is 0.490 e. The minimum Gasteiger partial charge on any atom is -0.477 e. The molecule has 2 aromatic rings. The summed E-state index contributed by atoms with van der Waals surface area (Å²) in [6.45, 7) is 12.3. The number of methoxy groups -OCH3 is 2. The number of hydrogen-bond acceptors (Lipinski definition) is 16. The smallest absolute Gasteiger partial charge is 0.477 e. The van der Waals surface area contributed by atoms with Crippen LogP contribution in [0.1, 0.15) is 121 Å². The molecule has 2 aliphatic carbocycles. The first kappa shape index (κ1) is 58.8. The zero-order chi connectivity index (χ0) is 54.5. The molecule has 2 aromatic heterocycles. The number of hydrogen-bond donors (Lipinski definition) is 3. The molecule has 402 valence electrons. The highest BCUT2D eigenvalue weighted by atomic mass is 19.4. The molecule has 0 atom stereocenters. The van der Waals surface area contributed by atoms with Gasteiger partial charge < -0.3 is 45.0 Å². The summed E-state index contributed by atoms with van der Waals surface area (Å²) in [7, 11) is 7.72. The van der Waals surface area contributed by atoms with Crippen molar-refractivity contribution in [1.82, 2.24) is 29.6 Å². The molecule has 4 aliphatic heterocycles. The van der Waals surface area contributed by atoms with Gasteiger partial charge in [-0.3, -0.25) is 19.4 Å². The SMILES string of the molecule is CN1CCC(CN)CC1.COC1(C)CCN(C2=C(C#N)C(=O)Cc3cnc(C(=O)CCC4CCN(C)CC4)cc32)CC1.COC1(C)CCN(C2=C(C#N)C(=O)Cc3cnc(C(=O)O)cc32)CC1.O=C(O)C(F)(F)F. The van der Waals surface area contributed by atoms with E-state index in [0.29, 0.717) is 66.7 Å². The standard InChI is InChI=1S/C26H34N4O3.C18H19N3O4.C7H16N2.C2HF3O2/c1-26(33-3)8-12-30(13-9-26)25-20-15-22(28-17-19(20)14-24(32)21(25)16-27)23(31)5-4-18-6-10-29(2)11-7-18;1-18(25-2)3-5-21(6-4-18)16-12-8-14(17(23)24)20-10-11(12)7-15(22)13(16)9-19;1-9-4-2-7(6-8)3-5-9;3-2(4,5)1(6)7/h15,17-18H,4-14H2,1-3H3;8,10H,3-7H2,1-2H3,(H,23,24);7H,2-6,8H2,1H3;(H,6,7). The third kappa shape index (κ3) is 15.3. The maximum atomic E-state index is 13.0. The number of aromatic nitrogens is 2. The monoisotopic (exact) mass is 1030 g/mol. The third-order valence-corrected chi connectivity index (χ3v) is 15.2. The van der Waals surface area contributed by atoms with E-state index in [1.165, 1.54) is 38.2 Å². The quantitative estimate of drug-likeness (QED) is 0.237. The number of carbonyl (C=O) groups is 5. The Labute approximate surface area is 431 Å². The number of nitrogens with zero attached hydrogens (tertiary/aromatic N) is 8. The number of ketones is 3. The van der Waals surface area contributed by atoms with Crippen LogP contribution in [0.5, 0.6) is 0 Å². The van der Waals surface area contributed by atoms with Gasteiger partial charge in [0.25, 0.3) is 0 Å². The van der Waals surface area contributed by atoms with Crippen molar-refractivity contribution in [2.75, 3.05) is 87.2 Å². The number of nitrogens with two attached hydrogens (primary N) is 1. The largest absolute Gasteiger partial charge is 0.490 e. The van der Waals surface area contributed by atoms with Crippen molar-refractivity contribution in [3.05, 3.63) is 69.3 Å². The summed E-state index contributed by atoms with van der Waals surface area (Å²) < 4.78 is 42.9. The number of piperidine rings is 4. The van der Waals surface area contributed by atoms with E-state index < -0.39 is 18.1 Å². The molecule has 18 nitrogen and oxygen atoms in total.